The standard InChI is InChI=1S/C63H100O6/c1-4-7-10-13-16-19-22-25-28-30-31-33-35-38-41-44-47-50-53-56-62(65)68-59-60(58-67-61(64)55-52-49-46-43-40-37-34-27-24-21-18-15-12-9-6-3)69-63(66)57-54-51-48-45-42-39-36-32-29-26-23-20-17-14-11-8-5-2/h7,10,16-21,25-29,31,33-34,36,38-39,41,45,48,60H,4-6,8-9,11-15,22-24,30,32,35,37,40,42-44,46-47,49-59H2,1-3H3/b10-7-,19-16-,20-17-,21-18-,28-25-,29-26-,33-31-,34-27-,39-36-,41-38-,48-45-/t60-/m1/s1. The highest BCUT2D eigenvalue weighted by atomic mass is 16.6. The van der Waals surface area contributed by atoms with Crippen LogP contribution in [0.25, 0.3) is 0 Å². The third-order valence-corrected chi connectivity index (χ3v) is 11.1. The smallest absolute Gasteiger partial charge is 0.306 e. The second-order valence-electron chi connectivity index (χ2n) is 17.7. The molecule has 0 aromatic heterocycles. The third-order valence-electron chi connectivity index (χ3n) is 11.1. The second kappa shape index (κ2) is 56.1. The number of rotatable bonds is 48. The number of hydrogen-bond donors (Lipinski definition) is 0. The molecule has 0 bridgehead atoms. The number of hydrogen-bond acceptors (Lipinski definition) is 6. The zero-order valence-electron chi connectivity index (χ0n) is 44.3. The summed E-state index contributed by atoms with van der Waals surface area (Å²) in [5.74, 6) is -1.03. The molecule has 69 heavy (non-hydrogen) atoms. The van der Waals surface area contributed by atoms with Crippen LogP contribution in [0, 0.1) is 0 Å². The molecule has 0 rings (SSSR count). The van der Waals surface area contributed by atoms with Crippen LogP contribution in [0.5, 0.6) is 0 Å². The van der Waals surface area contributed by atoms with Crippen LogP contribution in [0.4, 0.5) is 0 Å². The molecule has 0 heterocycles. The highest BCUT2D eigenvalue weighted by molar-refractivity contribution is 5.71. The van der Waals surface area contributed by atoms with Crippen LogP contribution in [0.3, 0.4) is 0 Å². The highest BCUT2D eigenvalue weighted by Crippen LogP contribution is 2.12. The van der Waals surface area contributed by atoms with Gasteiger partial charge in [-0.25, -0.2) is 0 Å². The average Bonchev–Trinajstić information content (AvgIpc) is 3.35. The van der Waals surface area contributed by atoms with Crippen LogP contribution in [-0.4, -0.2) is 37.2 Å². The Labute approximate surface area is 424 Å². The molecule has 0 aliphatic heterocycles. The summed E-state index contributed by atoms with van der Waals surface area (Å²) in [7, 11) is 0. The van der Waals surface area contributed by atoms with Gasteiger partial charge in [0.1, 0.15) is 13.2 Å². The molecular weight excluding hydrogens is 853 g/mol. The Bertz CT molecular complexity index is 1510. The van der Waals surface area contributed by atoms with E-state index in [4.69, 9.17) is 14.2 Å². The van der Waals surface area contributed by atoms with Crippen molar-refractivity contribution in [2.75, 3.05) is 13.2 Å². The van der Waals surface area contributed by atoms with Gasteiger partial charge in [-0.1, -0.05) is 206 Å². The van der Waals surface area contributed by atoms with E-state index in [1.165, 1.54) is 51.4 Å². The van der Waals surface area contributed by atoms with E-state index in [1.54, 1.807) is 0 Å². The average molecular weight is 953 g/mol. The summed E-state index contributed by atoms with van der Waals surface area (Å²) in [6.07, 6.45) is 78.6. The Morgan fingerprint density at radius 3 is 0.942 bits per heavy atom. The van der Waals surface area contributed by atoms with Crippen LogP contribution in [0.1, 0.15) is 226 Å². The first-order valence-corrected chi connectivity index (χ1v) is 27.7. The predicted octanol–water partition coefficient (Wildman–Crippen LogP) is 18.6. The van der Waals surface area contributed by atoms with Crippen molar-refractivity contribution in [2.24, 2.45) is 0 Å². The van der Waals surface area contributed by atoms with Crippen molar-refractivity contribution in [3.8, 4) is 0 Å². The van der Waals surface area contributed by atoms with Crippen molar-refractivity contribution in [3.05, 3.63) is 134 Å². The zero-order valence-corrected chi connectivity index (χ0v) is 44.3. The number of allylic oxidation sites excluding steroid dienone is 22. The van der Waals surface area contributed by atoms with Crippen molar-refractivity contribution >= 4 is 17.9 Å². The maximum Gasteiger partial charge on any atom is 0.306 e. The molecule has 0 aromatic carbocycles. The number of carbonyl (C=O) groups excluding carboxylic acids is 3. The SMILES string of the molecule is CC/C=C\C/C=C\C/C=C\C/C=C\C/C=C\CCCCCC(=O)OC[C@@H](COC(=O)CCCCCCC/C=C\C/C=C\CCCCC)OC(=O)CCC/C=C\C/C=C\C/C=C\C/C=C\CCCCC. The summed E-state index contributed by atoms with van der Waals surface area (Å²) in [5, 5.41) is 0. The van der Waals surface area contributed by atoms with Gasteiger partial charge in [-0.15, -0.1) is 0 Å². The molecule has 0 saturated carbocycles. The summed E-state index contributed by atoms with van der Waals surface area (Å²) in [4.78, 5) is 38.1. The minimum absolute atomic E-state index is 0.122. The van der Waals surface area contributed by atoms with E-state index in [-0.39, 0.29) is 37.5 Å². The quantitative estimate of drug-likeness (QED) is 0.0262. The Hall–Kier alpha value is -4.45. The van der Waals surface area contributed by atoms with E-state index in [0.717, 1.165) is 128 Å². The van der Waals surface area contributed by atoms with E-state index in [2.05, 4.69) is 154 Å². The van der Waals surface area contributed by atoms with E-state index >= 15 is 0 Å². The van der Waals surface area contributed by atoms with Crippen molar-refractivity contribution in [1.29, 1.82) is 0 Å². The summed E-state index contributed by atoms with van der Waals surface area (Å²) in [5.41, 5.74) is 0. The minimum atomic E-state index is -0.832. The lowest BCUT2D eigenvalue weighted by molar-refractivity contribution is -0.167. The maximum absolute atomic E-state index is 12.8. The van der Waals surface area contributed by atoms with E-state index in [9.17, 15) is 14.4 Å². The van der Waals surface area contributed by atoms with Crippen molar-refractivity contribution in [2.45, 2.75) is 232 Å². The van der Waals surface area contributed by atoms with Gasteiger partial charge in [0.25, 0.3) is 0 Å². The van der Waals surface area contributed by atoms with Crippen molar-refractivity contribution in [3.63, 3.8) is 0 Å². The number of ether oxygens (including phenoxy) is 3. The Kier molecular flexibility index (Phi) is 52.5. The minimum Gasteiger partial charge on any atom is -0.462 e. The van der Waals surface area contributed by atoms with Crippen LogP contribution in [0.2, 0.25) is 0 Å². The van der Waals surface area contributed by atoms with Gasteiger partial charge in [0.15, 0.2) is 6.10 Å². The molecule has 0 amide bonds. The van der Waals surface area contributed by atoms with Gasteiger partial charge in [0, 0.05) is 19.3 Å². The molecule has 6 heteroatoms. The molecule has 0 saturated heterocycles. The first-order chi connectivity index (χ1) is 34.0. The van der Waals surface area contributed by atoms with Gasteiger partial charge in [0.2, 0.25) is 0 Å². The van der Waals surface area contributed by atoms with Crippen molar-refractivity contribution in [1.82, 2.24) is 0 Å². The number of carbonyl (C=O) groups is 3. The largest absolute Gasteiger partial charge is 0.462 e. The molecule has 6 nitrogen and oxygen atoms in total. The molecule has 0 N–H and O–H groups in total. The number of unbranched alkanes of at least 4 members (excludes halogenated alkanes) is 15. The summed E-state index contributed by atoms with van der Waals surface area (Å²) < 4.78 is 16.8. The Morgan fingerprint density at radius 1 is 0.304 bits per heavy atom. The van der Waals surface area contributed by atoms with E-state index in [1.807, 2.05) is 0 Å². The summed E-state index contributed by atoms with van der Waals surface area (Å²) in [6.45, 7) is 6.37. The van der Waals surface area contributed by atoms with Crippen molar-refractivity contribution < 1.29 is 28.6 Å². The van der Waals surface area contributed by atoms with Crippen LogP contribution in [0.15, 0.2) is 134 Å². The highest BCUT2D eigenvalue weighted by Gasteiger charge is 2.19. The normalized spacial score (nSPS) is 13.1. The monoisotopic (exact) mass is 953 g/mol. The molecule has 1 atom stereocenters. The van der Waals surface area contributed by atoms with Gasteiger partial charge in [-0.2, -0.15) is 0 Å². The molecule has 0 unspecified atom stereocenters. The molecule has 0 aliphatic rings. The molecule has 0 spiro atoms. The first-order valence-electron chi connectivity index (χ1n) is 27.7. The summed E-state index contributed by atoms with van der Waals surface area (Å²) >= 11 is 0. The first kappa shape index (κ1) is 64.5. The van der Waals surface area contributed by atoms with E-state index in [0.29, 0.717) is 19.3 Å². The van der Waals surface area contributed by atoms with Gasteiger partial charge < -0.3 is 14.2 Å². The van der Waals surface area contributed by atoms with Gasteiger partial charge in [-0.05, 0) is 135 Å². The van der Waals surface area contributed by atoms with Crippen LogP contribution >= 0.6 is 0 Å². The molecular formula is C63H100O6. The van der Waals surface area contributed by atoms with Gasteiger partial charge in [-0.3, -0.25) is 14.4 Å². The number of esters is 3. The summed E-state index contributed by atoms with van der Waals surface area (Å²) in [6, 6.07) is 0. The molecule has 0 aliphatic carbocycles. The van der Waals surface area contributed by atoms with Crippen LogP contribution < -0.4 is 0 Å². The van der Waals surface area contributed by atoms with Gasteiger partial charge >= 0.3 is 17.9 Å². The van der Waals surface area contributed by atoms with Crippen LogP contribution in [-0.2, 0) is 28.6 Å². The maximum atomic E-state index is 12.8. The molecule has 0 aromatic rings. The predicted molar refractivity (Wildman–Crippen MR) is 297 cm³/mol. The fraction of sp³-hybridized carbons (Fsp3) is 0.603. The lowest BCUT2D eigenvalue weighted by Gasteiger charge is -2.18. The Morgan fingerprint density at radius 2 is 0.580 bits per heavy atom. The van der Waals surface area contributed by atoms with E-state index < -0.39 is 6.10 Å². The Balaban J connectivity index is 4.59. The molecule has 0 radical (unpaired) electrons. The lowest BCUT2D eigenvalue weighted by Crippen LogP contribution is -2.30. The fourth-order valence-corrected chi connectivity index (χ4v) is 6.96. The topological polar surface area (TPSA) is 78.9 Å². The zero-order chi connectivity index (χ0) is 50.0. The molecule has 388 valence electrons. The second-order valence-corrected chi connectivity index (χ2v) is 17.7. The third kappa shape index (κ3) is 54.4. The lowest BCUT2D eigenvalue weighted by atomic mass is 10.1. The fourth-order valence-electron chi connectivity index (χ4n) is 6.96. The molecule has 0 fully saturated rings. The van der Waals surface area contributed by atoms with Gasteiger partial charge in [0.05, 0.1) is 0 Å².